The van der Waals surface area contributed by atoms with Gasteiger partial charge in [-0.1, -0.05) is 0 Å². The van der Waals surface area contributed by atoms with Crippen molar-refractivity contribution >= 4 is 22.6 Å². The number of amides is 1. The van der Waals surface area contributed by atoms with Crippen LogP contribution in [-0.4, -0.2) is 48.6 Å². The maximum Gasteiger partial charge on any atom is 0.410 e. The molecule has 0 N–H and O–H groups in total. The number of ether oxygens (including phenoxy) is 1. The number of rotatable bonds is 2. The van der Waals surface area contributed by atoms with Gasteiger partial charge in [0.05, 0.1) is 22.3 Å². The zero-order chi connectivity index (χ0) is 24.9. The first-order chi connectivity index (χ1) is 16.6. The normalized spacial score (nSPS) is 15.2. The Morgan fingerprint density at radius 1 is 1.06 bits per heavy atom. The zero-order valence-corrected chi connectivity index (χ0v) is 20.9. The van der Waals surface area contributed by atoms with Gasteiger partial charge in [-0.2, -0.15) is 0 Å². The number of carbonyl (C=O) groups excluding carboxylic acids is 1. The van der Waals surface area contributed by atoms with Gasteiger partial charge in [-0.15, -0.1) is 0 Å². The fourth-order valence-electron chi connectivity index (χ4n) is 4.77. The number of aromatic nitrogens is 4. The Labute approximate surface area is 204 Å². The first-order valence-electron chi connectivity index (χ1n) is 12.1. The number of imidazole rings is 1. The Morgan fingerprint density at radius 2 is 1.80 bits per heavy atom. The lowest BCUT2D eigenvalue weighted by Gasteiger charge is -2.34. The Balaban J connectivity index is 1.39. The maximum absolute atomic E-state index is 13.3. The Morgan fingerprint density at radius 3 is 2.51 bits per heavy atom. The van der Waals surface area contributed by atoms with Gasteiger partial charge in [-0.05, 0) is 77.3 Å². The summed E-state index contributed by atoms with van der Waals surface area (Å²) in [5.41, 5.74) is 4.89. The highest BCUT2D eigenvalue weighted by atomic mass is 16.6. The highest BCUT2D eigenvalue weighted by molar-refractivity contribution is 5.81. The lowest BCUT2D eigenvalue weighted by Crippen LogP contribution is -2.43. The molecule has 0 bridgehead atoms. The summed E-state index contributed by atoms with van der Waals surface area (Å²) in [6.45, 7) is 10.7. The summed E-state index contributed by atoms with van der Waals surface area (Å²) >= 11 is 0. The van der Waals surface area contributed by atoms with Gasteiger partial charge in [0.15, 0.2) is 0 Å². The van der Waals surface area contributed by atoms with E-state index in [0.717, 1.165) is 28.2 Å². The van der Waals surface area contributed by atoms with Crippen molar-refractivity contribution in [2.75, 3.05) is 13.1 Å². The summed E-state index contributed by atoms with van der Waals surface area (Å²) < 4.78 is 9.30. The number of fused-ring (bicyclic) bond motifs is 2. The van der Waals surface area contributed by atoms with Crippen LogP contribution in [0.25, 0.3) is 27.8 Å². The summed E-state index contributed by atoms with van der Waals surface area (Å²) in [5, 5.41) is 0.599. The van der Waals surface area contributed by atoms with Crippen LogP contribution in [0.2, 0.25) is 0 Å². The smallest absolute Gasteiger partial charge is 0.410 e. The van der Waals surface area contributed by atoms with Crippen molar-refractivity contribution in [1.29, 1.82) is 0 Å². The quantitative estimate of drug-likeness (QED) is 0.414. The van der Waals surface area contributed by atoms with Crippen LogP contribution >= 0.6 is 0 Å². The SMILES string of the molecule is Cc1cn2cc(-c3ccc4c(=O)n(C5CCN(C(=O)OC(C)(C)C)CC5)ccc4n3)cc(C)c2n1. The highest BCUT2D eigenvalue weighted by Gasteiger charge is 2.28. The van der Waals surface area contributed by atoms with Crippen LogP contribution in [0.15, 0.2) is 47.7 Å². The molecule has 8 nitrogen and oxygen atoms in total. The Kier molecular flexibility index (Phi) is 5.62. The molecule has 4 aromatic heterocycles. The first-order valence-corrected chi connectivity index (χ1v) is 12.1. The van der Waals surface area contributed by atoms with Crippen molar-refractivity contribution in [3.8, 4) is 11.3 Å². The molecule has 1 aliphatic rings. The summed E-state index contributed by atoms with van der Waals surface area (Å²) in [7, 11) is 0. The molecule has 1 aliphatic heterocycles. The minimum Gasteiger partial charge on any atom is -0.444 e. The maximum atomic E-state index is 13.3. The predicted molar refractivity (Wildman–Crippen MR) is 136 cm³/mol. The van der Waals surface area contributed by atoms with Crippen LogP contribution < -0.4 is 5.56 Å². The van der Waals surface area contributed by atoms with E-state index in [2.05, 4.69) is 11.1 Å². The molecule has 5 heterocycles. The number of carbonyl (C=O) groups is 1. The largest absolute Gasteiger partial charge is 0.444 e. The Hall–Kier alpha value is -3.68. The lowest BCUT2D eigenvalue weighted by atomic mass is 10.0. The van der Waals surface area contributed by atoms with Crippen molar-refractivity contribution in [3.63, 3.8) is 0 Å². The van der Waals surface area contributed by atoms with Crippen LogP contribution in [0.3, 0.4) is 0 Å². The zero-order valence-electron chi connectivity index (χ0n) is 20.9. The molecule has 5 rings (SSSR count). The monoisotopic (exact) mass is 473 g/mol. The molecule has 0 saturated carbocycles. The van der Waals surface area contributed by atoms with Crippen LogP contribution in [-0.2, 0) is 4.74 Å². The average molecular weight is 474 g/mol. The first kappa shape index (κ1) is 23.1. The number of hydrogen-bond acceptors (Lipinski definition) is 5. The second-order valence-electron chi connectivity index (χ2n) is 10.4. The van der Waals surface area contributed by atoms with E-state index in [1.807, 2.05) is 75.8 Å². The van der Waals surface area contributed by atoms with E-state index in [0.29, 0.717) is 36.8 Å². The number of aryl methyl sites for hydroxylation is 2. The van der Waals surface area contributed by atoms with Crippen molar-refractivity contribution < 1.29 is 9.53 Å². The molecule has 1 fully saturated rings. The molecule has 182 valence electrons. The van der Waals surface area contributed by atoms with Gasteiger partial charge in [0.2, 0.25) is 0 Å². The number of hydrogen-bond donors (Lipinski definition) is 0. The van der Waals surface area contributed by atoms with E-state index in [1.165, 1.54) is 0 Å². The van der Waals surface area contributed by atoms with Crippen molar-refractivity contribution in [2.45, 2.75) is 59.1 Å². The molecular weight excluding hydrogens is 442 g/mol. The van der Waals surface area contributed by atoms with Crippen molar-refractivity contribution in [3.05, 3.63) is 64.5 Å². The molecule has 8 heteroatoms. The topological polar surface area (TPSA) is 81.7 Å². The van der Waals surface area contributed by atoms with Crippen LogP contribution in [0.5, 0.6) is 0 Å². The minimum absolute atomic E-state index is 0.0415. The molecular formula is C27H31N5O3. The van der Waals surface area contributed by atoms with Gasteiger partial charge in [0.1, 0.15) is 11.2 Å². The summed E-state index contributed by atoms with van der Waals surface area (Å²) in [6, 6.07) is 7.80. The fourth-order valence-corrected chi connectivity index (χ4v) is 4.77. The Bertz CT molecular complexity index is 1490. The standard InChI is InChI=1S/C27H31N5O3/c1-17-14-19(16-31-15-18(2)28-24(17)31)22-7-6-21-23(29-22)10-13-32(25(21)33)20-8-11-30(12-9-20)26(34)35-27(3,4)5/h6-7,10,13-16,20H,8-9,11-12H2,1-5H3. The molecule has 0 aromatic carbocycles. The third kappa shape index (κ3) is 4.52. The van der Waals surface area contributed by atoms with E-state index in [-0.39, 0.29) is 17.7 Å². The fraction of sp³-hybridized carbons (Fsp3) is 0.407. The molecule has 4 aromatic rings. The van der Waals surface area contributed by atoms with Gasteiger partial charge in [-0.3, -0.25) is 4.79 Å². The molecule has 0 radical (unpaired) electrons. The molecule has 1 amide bonds. The average Bonchev–Trinajstić information content (AvgIpc) is 3.19. The molecule has 0 aliphatic carbocycles. The van der Waals surface area contributed by atoms with Crippen LogP contribution in [0.4, 0.5) is 4.79 Å². The van der Waals surface area contributed by atoms with Crippen molar-refractivity contribution in [2.24, 2.45) is 0 Å². The van der Waals surface area contributed by atoms with E-state index in [4.69, 9.17) is 9.72 Å². The minimum atomic E-state index is -0.517. The van der Waals surface area contributed by atoms with E-state index in [1.54, 1.807) is 9.47 Å². The molecule has 0 unspecified atom stereocenters. The number of nitrogens with zero attached hydrogens (tertiary/aromatic N) is 5. The van der Waals surface area contributed by atoms with Gasteiger partial charge < -0.3 is 18.6 Å². The third-order valence-electron chi connectivity index (χ3n) is 6.44. The summed E-state index contributed by atoms with van der Waals surface area (Å²) in [6.07, 6.45) is 6.98. The summed E-state index contributed by atoms with van der Waals surface area (Å²) in [4.78, 5) is 36.8. The summed E-state index contributed by atoms with van der Waals surface area (Å²) in [5.74, 6) is 0. The van der Waals surface area contributed by atoms with E-state index < -0.39 is 5.60 Å². The van der Waals surface area contributed by atoms with E-state index in [9.17, 15) is 9.59 Å². The van der Waals surface area contributed by atoms with Crippen LogP contribution in [0.1, 0.15) is 50.9 Å². The number of piperidine rings is 1. The molecule has 0 spiro atoms. The molecule has 0 atom stereocenters. The number of likely N-dealkylation sites (tertiary alicyclic amines) is 1. The number of pyridine rings is 3. The van der Waals surface area contributed by atoms with Gasteiger partial charge in [0.25, 0.3) is 5.56 Å². The van der Waals surface area contributed by atoms with Gasteiger partial charge in [0, 0.05) is 43.3 Å². The van der Waals surface area contributed by atoms with Crippen LogP contribution in [0, 0.1) is 13.8 Å². The van der Waals surface area contributed by atoms with Crippen molar-refractivity contribution in [1.82, 2.24) is 23.8 Å². The highest BCUT2D eigenvalue weighted by Crippen LogP contribution is 2.26. The molecule has 1 saturated heterocycles. The van der Waals surface area contributed by atoms with Gasteiger partial charge in [-0.25, -0.2) is 14.8 Å². The molecule has 35 heavy (non-hydrogen) atoms. The van der Waals surface area contributed by atoms with E-state index >= 15 is 0 Å². The lowest BCUT2D eigenvalue weighted by molar-refractivity contribution is 0.0187. The predicted octanol–water partition coefficient (Wildman–Crippen LogP) is 4.90. The van der Waals surface area contributed by atoms with Gasteiger partial charge >= 0.3 is 6.09 Å². The third-order valence-corrected chi connectivity index (χ3v) is 6.44. The second kappa shape index (κ2) is 8.52. The second-order valence-corrected chi connectivity index (χ2v) is 10.4.